The van der Waals surface area contributed by atoms with Crippen LogP contribution in [0.4, 0.5) is 4.39 Å². The first-order chi connectivity index (χ1) is 10.4. The van der Waals surface area contributed by atoms with E-state index in [2.05, 4.69) is 9.24 Å². The average Bonchev–Trinajstić information content (AvgIpc) is 2.46. The first kappa shape index (κ1) is 14.4. The molecule has 0 bridgehead atoms. The van der Waals surface area contributed by atoms with Gasteiger partial charge < -0.3 is 19.7 Å². The van der Waals surface area contributed by atoms with E-state index in [1.807, 2.05) is 0 Å². The predicted octanol–water partition coefficient (Wildman–Crippen LogP) is 2.22. The third kappa shape index (κ3) is 2.18. The molecule has 1 heterocycles. The highest BCUT2D eigenvalue weighted by Gasteiger charge is 2.18. The Morgan fingerprint density at radius 2 is 1.77 bits per heavy atom. The molecule has 1 atom stereocenters. The molecule has 0 saturated carbocycles. The van der Waals surface area contributed by atoms with Crippen LogP contribution in [-0.4, -0.2) is 15.3 Å². The molecule has 3 rings (SSSR count). The summed E-state index contributed by atoms with van der Waals surface area (Å²) >= 11 is 0. The molecular formula is C15H10FO5P. The second-order valence-electron chi connectivity index (χ2n) is 4.68. The molecule has 112 valence electrons. The summed E-state index contributed by atoms with van der Waals surface area (Å²) in [6, 6.07) is 5.86. The van der Waals surface area contributed by atoms with Gasteiger partial charge in [-0.25, -0.2) is 4.39 Å². The second-order valence-corrected chi connectivity index (χ2v) is 5.31. The normalized spacial score (nSPS) is 11.0. The Bertz CT molecular complexity index is 964. The van der Waals surface area contributed by atoms with Crippen molar-refractivity contribution in [1.29, 1.82) is 0 Å². The van der Waals surface area contributed by atoms with E-state index in [4.69, 9.17) is 4.42 Å². The van der Waals surface area contributed by atoms with Gasteiger partial charge in [-0.3, -0.25) is 4.79 Å². The Morgan fingerprint density at radius 1 is 1.05 bits per heavy atom. The summed E-state index contributed by atoms with van der Waals surface area (Å²) < 4.78 is 18.9. The van der Waals surface area contributed by atoms with Gasteiger partial charge in [-0.05, 0) is 30.3 Å². The highest BCUT2D eigenvalue weighted by Crippen LogP contribution is 2.35. The van der Waals surface area contributed by atoms with Crippen LogP contribution in [-0.2, 0) is 0 Å². The van der Waals surface area contributed by atoms with Crippen molar-refractivity contribution < 1.29 is 24.1 Å². The molecule has 0 saturated heterocycles. The minimum Gasteiger partial charge on any atom is -0.504 e. The number of aromatic hydroxyl groups is 3. The van der Waals surface area contributed by atoms with Gasteiger partial charge in [0.1, 0.15) is 11.4 Å². The Labute approximate surface area is 125 Å². The Morgan fingerprint density at radius 3 is 2.45 bits per heavy atom. The molecule has 1 unspecified atom stereocenters. The van der Waals surface area contributed by atoms with Crippen molar-refractivity contribution in [3.05, 3.63) is 46.4 Å². The van der Waals surface area contributed by atoms with Crippen LogP contribution < -0.4 is 10.7 Å². The van der Waals surface area contributed by atoms with Crippen LogP contribution in [0, 0.1) is 5.82 Å². The number of hydrogen-bond acceptors (Lipinski definition) is 5. The van der Waals surface area contributed by atoms with Crippen molar-refractivity contribution in [3.63, 3.8) is 0 Å². The lowest BCUT2D eigenvalue weighted by Crippen LogP contribution is -2.07. The number of rotatable bonds is 1. The van der Waals surface area contributed by atoms with E-state index in [1.165, 1.54) is 18.2 Å². The molecule has 2 aromatic carbocycles. The summed E-state index contributed by atoms with van der Waals surface area (Å²) in [6.45, 7) is 0. The van der Waals surface area contributed by atoms with Crippen LogP contribution in [0.1, 0.15) is 0 Å². The molecular weight excluding hydrogens is 310 g/mol. The molecule has 3 N–H and O–H groups in total. The third-order valence-corrected chi connectivity index (χ3v) is 3.63. The molecule has 0 amide bonds. The highest BCUT2D eigenvalue weighted by molar-refractivity contribution is 7.28. The topological polar surface area (TPSA) is 90.9 Å². The fourth-order valence-corrected chi connectivity index (χ4v) is 2.51. The predicted molar refractivity (Wildman–Crippen MR) is 82.2 cm³/mol. The van der Waals surface area contributed by atoms with Crippen LogP contribution in [0.3, 0.4) is 0 Å². The zero-order valence-electron chi connectivity index (χ0n) is 11.0. The molecule has 0 aliphatic heterocycles. The van der Waals surface area contributed by atoms with E-state index in [9.17, 15) is 24.5 Å². The van der Waals surface area contributed by atoms with Gasteiger partial charge in [-0.2, -0.15) is 0 Å². The van der Waals surface area contributed by atoms with Gasteiger partial charge in [-0.1, -0.05) is 0 Å². The van der Waals surface area contributed by atoms with Crippen LogP contribution >= 0.6 is 9.24 Å². The monoisotopic (exact) mass is 320 g/mol. The molecule has 3 aromatic rings. The number of hydrogen-bond donors (Lipinski definition) is 3. The van der Waals surface area contributed by atoms with Crippen LogP contribution in [0.25, 0.3) is 22.3 Å². The van der Waals surface area contributed by atoms with Gasteiger partial charge in [0.05, 0.1) is 5.39 Å². The fraction of sp³-hybridized carbons (Fsp3) is 0. The van der Waals surface area contributed by atoms with Crippen molar-refractivity contribution in [3.8, 4) is 28.6 Å². The van der Waals surface area contributed by atoms with Crippen molar-refractivity contribution in [2.75, 3.05) is 0 Å². The largest absolute Gasteiger partial charge is 0.504 e. The summed E-state index contributed by atoms with van der Waals surface area (Å²) in [6.07, 6.45) is 0. The molecule has 22 heavy (non-hydrogen) atoms. The van der Waals surface area contributed by atoms with Gasteiger partial charge in [-0.15, -0.1) is 9.24 Å². The van der Waals surface area contributed by atoms with Crippen molar-refractivity contribution in [2.45, 2.75) is 0 Å². The number of phenols is 2. The van der Waals surface area contributed by atoms with E-state index in [1.54, 1.807) is 0 Å². The first-order valence-electron chi connectivity index (χ1n) is 6.15. The van der Waals surface area contributed by atoms with E-state index in [0.29, 0.717) is 5.30 Å². The molecule has 5 nitrogen and oxygen atoms in total. The summed E-state index contributed by atoms with van der Waals surface area (Å²) in [5.74, 6) is -2.28. The summed E-state index contributed by atoms with van der Waals surface area (Å²) in [4.78, 5) is 12.2. The molecule has 7 heteroatoms. The zero-order valence-corrected chi connectivity index (χ0v) is 12.2. The highest BCUT2D eigenvalue weighted by atomic mass is 31.0. The van der Waals surface area contributed by atoms with Crippen LogP contribution in [0.15, 0.2) is 39.5 Å². The lowest BCUT2D eigenvalue weighted by Gasteiger charge is -2.08. The minimum atomic E-state index is -0.785. The maximum atomic E-state index is 13.4. The molecule has 0 aliphatic carbocycles. The number of fused-ring (bicyclic) bond motifs is 1. The molecule has 0 radical (unpaired) electrons. The summed E-state index contributed by atoms with van der Waals surface area (Å²) in [7, 11) is 2.25. The van der Waals surface area contributed by atoms with E-state index >= 15 is 0 Å². The number of benzene rings is 2. The van der Waals surface area contributed by atoms with Gasteiger partial charge in [0.25, 0.3) is 0 Å². The quantitative estimate of drug-likeness (QED) is 0.472. The van der Waals surface area contributed by atoms with Gasteiger partial charge in [0.15, 0.2) is 17.3 Å². The Kier molecular flexibility index (Phi) is 3.26. The molecule has 1 aromatic heterocycles. The van der Waals surface area contributed by atoms with Crippen molar-refractivity contribution in [1.82, 2.24) is 0 Å². The van der Waals surface area contributed by atoms with Gasteiger partial charge in [0.2, 0.25) is 11.2 Å². The van der Waals surface area contributed by atoms with Gasteiger partial charge >= 0.3 is 0 Å². The zero-order chi connectivity index (χ0) is 16.0. The maximum Gasteiger partial charge on any atom is 0.235 e. The maximum absolute atomic E-state index is 13.4. The lowest BCUT2D eigenvalue weighted by molar-refractivity contribution is 0.403. The van der Waals surface area contributed by atoms with E-state index in [-0.39, 0.29) is 28.0 Å². The van der Waals surface area contributed by atoms with Crippen molar-refractivity contribution in [2.24, 2.45) is 0 Å². The van der Waals surface area contributed by atoms with Crippen LogP contribution in [0.2, 0.25) is 0 Å². The molecule has 0 aliphatic rings. The van der Waals surface area contributed by atoms with Crippen molar-refractivity contribution >= 4 is 25.5 Å². The molecule has 0 fully saturated rings. The third-order valence-electron chi connectivity index (χ3n) is 3.20. The standard InChI is InChI=1S/C15H10FO5P/c16-7-4-8-12(19)13(20)14(21-15(8)11(22)5-7)6-1-2-9(17)10(18)3-6/h1-5,17-18,20H,22H2. The SMILES string of the molecule is O=c1c(O)c(-c2ccc(O)c(O)c2)oc2c(P)cc(F)cc12. The minimum absolute atomic E-state index is 0.0887. The average molecular weight is 320 g/mol. The number of halogens is 1. The van der Waals surface area contributed by atoms with E-state index < -0.39 is 22.7 Å². The molecule has 0 spiro atoms. The van der Waals surface area contributed by atoms with Crippen LogP contribution in [0.5, 0.6) is 17.2 Å². The Hall–Kier alpha value is -2.59. The first-order valence-corrected chi connectivity index (χ1v) is 6.73. The fourth-order valence-electron chi connectivity index (χ4n) is 2.14. The Balaban J connectivity index is 2.38. The number of phenolic OH excluding ortho intramolecular Hbond substituents is 2. The van der Waals surface area contributed by atoms with E-state index in [0.717, 1.165) is 12.1 Å². The summed E-state index contributed by atoms with van der Waals surface area (Å²) in [5, 5.41) is 29.1. The lowest BCUT2D eigenvalue weighted by atomic mass is 10.1. The smallest absolute Gasteiger partial charge is 0.235 e. The summed E-state index contributed by atoms with van der Waals surface area (Å²) in [5.41, 5.74) is -0.482. The van der Waals surface area contributed by atoms with Gasteiger partial charge in [0, 0.05) is 10.9 Å². The second kappa shape index (κ2) is 5.00.